The van der Waals surface area contributed by atoms with Crippen molar-refractivity contribution in [2.75, 3.05) is 37.3 Å². The van der Waals surface area contributed by atoms with Gasteiger partial charge in [-0.15, -0.1) is 0 Å². The van der Waals surface area contributed by atoms with Gasteiger partial charge in [-0.05, 0) is 37.1 Å². The van der Waals surface area contributed by atoms with Crippen LogP contribution in [0.5, 0.6) is 0 Å². The highest BCUT2D eigenvalue weighted by atomic mass is 16.4. The molecule has 11 heteroatoms. The number of likely N-dealkylation sites (N-methyl/N-ethyl adjacent to an activating group) is 1. The predicted octanol–water partition coefficient (Wildman–Crippen LogP) is 3.90. The molecule has 0 atom stereocenters. The summed E-state index contributed by atoms with van der Waals surface area (Å²) in [5, 5.41) is 8.67. The zero-order chi connectivity index (χ0) is 26.2. The van der Waals surface area contributed by atoms with Gasteiger partial charge in [0.05, 0.1) is 30.2 Å². The van der Waals surface area contributed by atoms with Crippen LogP contribution in [0.3, 0.4) is 0 Å². The van der Waals surface area contributed by atoms with Crippen LogP contribution in [0.4, 0.5) is 22.2 Å². The molecule has 1 aliphatic rings. The minimum Gasteiger partial charge on any atom is -0.444 e. The monoisotopic (exact) mass is 503 g/mol. The van der Waals surface area contributed by atoms with E-state index in [1.165, 1.54) is 12.5 Å². The van der Waals surface area contributed by atoms with Gasteiger partial charge in [-0.3, -0.25) is 4.79 Å². The number of hydrogen-bond acceptors (Lipinski definition) is 8. The molecular weight excluding hydrogens is 474 g/mol. The van der Waals surface area contributed by atoms with Crippen molar-refractivity contribution in [1.82, 2.24) is 20.2 Å². The number of rotatable bonds is 9. The predicted molar refractivity (Wildman–Crippen MR) is 141 cm³/mol. The molecule has 4 rings (SSSR count). The molecule has 0 bridgehead atoms. The number of nitrogens with one attached hydrogen (secondary N) is 3. The minimum atomic E-state index is -0.350. The smallest absolute Gasteiger partial charge is 0.319 e. The summed E-state index contributed by atoms with van der Waals surface area (Å²) in [5.41, 5.74) is 9.02. The summed E-state index contributed by atoms with van der Waals surface area (Å²) in [6, 6.07) is 5.25. The Labute approximate surface area is 214 Å². The van der Waals surface area contributed by atoms with E-state index in [0.29, 0.717) is 48.1 Å². The van der Waals surface area contributed by atoms with E-state index in [2.05, 4.69) is 25.9 Å². The molecule has 0 radical (unpaired) electrons. The van der Waals surface area contributed by atoms with Crippen LogP contribution in [0.2, 0.25) is 0 Å². The molecule has 192 valence electrons. The molecule has 0 aliphatic heterocycles. The average Bonchev–Trinajstić information content (AvgIpc) is 3.53. The molecule has 2 heterocycles. The molecule has 0 saturated carbocycles. The van der Waals surface area contributed by atoms with Gasteiger partial charge in [0, 0.05) is 31.4 Å². The van der Waals surface area contributed by atoms with Crippen LogP contribution in [-0.2, 0) is 4.79 Å². The van der Waals surface area contributed by atoms with Crippen LogP contribution in [-0.4, -0.2) is 53.5 Å². The Kier molecular flexibility index (Phi) is 8.16. The molecule has 1 aromatic carbocycles. The van der Waals surface area contributed by atoms with E-state index in [4.69, 9.17) is 14.6 Å². The number of nitrogens with two attached hydrogens (primary N) is 1. The maximum absolute atomic E-state index is 12.2. The van der Waals surface area contributed by atoms with Crippen molar-refractivity contribution < 1.29 is 18.4 Å². The Morgan fingerprint density at radius 2 is 2.11 bits per heavy atom. The summed E-state index contributed by atoms with van der Waals surface area (Å²) < 4.78 is 11.4. The summed E-state index contributed by atoms with van der Waals surface area (Å²) in [4.78, 5) is 34.3. The first-order valence-electron chi connectivity index (χ1n) is 11.8. The Morgan fingerprint density at radius 1 is 1.24 bits per heavy atom. The zero-order valence-corrected chi connectivity index (χ0v) is 20.7. The zero-order valence-electron chi connectivity index (χ0n) is 20.7. The Hall–Kier alpha value is -4.64. The summed E-state index contributed by atoms with van der Waals surface area (Å²) in [5.74, 6) is 0.782. The lowest BCUT2D eigenvalue weighted by molar-refractivity contribution is -0.127. The van der Waals surface area contributed by atoms with Crippen LogP contribution < -0.4 is 21.7 Å². The molecule has 37 heavy (non-hydrogen) atoms. The van der Waals surface area contributed by atoms with Crippen molar-refractivity contribution in [3.63, 3.8) is 0 Å². The topological polar surface area (TPSA) is 152 Å². The summed E-state index contributed by atoms with van der Waals surface area (Å²) in [7, 11) is 1.71. The third-order valence-electron chi connectivity index (χ3n) is 5.54. The van der Waals surface area contributed by atoms with Gasteiger partial charge in [-0.1, -0.05) is 24.3 Å². The number of amides is 3. The second-order valence-electron chi connectivity index (χ2n) is 8.16. The molecule has 1 aliphatic carbocycles. The van der Waals surface area contributed by atoms with E-state index in [9.17, 15) is 9.59 Å². The van der Waals surface area contributed by atoms with E-state index < -0.39 is 0 Å². The first kappa shape index (κ1) is 25.5. The van der Waals surface area contributed by atoms with Crippen LogP contribution in [0, 0.1) is 0 Å². The summed E-state index contributed by atoms with van der Waals surface area (Å²) in [6.07, 6.45) is 13.3. The fraction of sp³-hybridized carbons (Fsp3) is 0.231. The van der Waals surface area contributed by atoms with Crippen molar-refractivity contribution >= 4 is 34.9 Å². The highest BCUT2D eigenvalue weighted by molar-refractivity contribution is 5.94. The SMILES string of the molecule is CCNC(=O)Nc1cc(Nc2ncc(C3=CCC=CC=C3CN(C)C(=O)CN)o2)ccc1-c1ncco1. The number of hydrogen-bond donors (Lipinski definition) is 4. The Bertz CT molecular complexity index is 1340. The summed E-state index contributed by atoms with van der Waals surface area (Å²) >= 11 is 0. The van der Waals surface area contributed by atoms with Crippen molar-refractivity contribution in [2.45, 2.75) is 13.3 Å². The Balaban J connectivity index is 1.56. The molecule has 3 amide bonds. The van der Waals surface area contributed by atoms with Crippen molar-refractivity contribution in [3.8, 4) is 11.5 Å². The number of oxazole rings is 2. The lowest BCUT2D eigenvalue weighted by Gasteiger charge is -2.19. The van der Waals surface area contributed by atoms with Gasteiger partial charge in [0.15, 0.2) is 5.76 Å². The van der Waals surface area contributed by atoms with Crippen molar-refractivity contribution in [1.29, 1.82) is 0 Å². The molecule has 11 nitrogen and oxygen atoms in total. The van der Waals surface area contributed by atoms with E-state index >= 15 is 0 Å². The van der Waals surface area contributed by atoms with Crippen LogP contribution in [0.1, 0.15) is 19.1 Å². The average molecular weight is 504 g/mol. The van der Waals surface area contributed by atoms with Gasteiger partial charge in [0.25, 0.3) is 6.01 Å². The maximum atomic E-state index is 12.2. The standard InChI is InChI=1S/C26H29N7O4/c1-3-28-25(35)32-21-13-18(9-10-20(21)24-29-11-12-36-24)31-26-30-15-22(37-26)19-8-6-4-5-7-17(19)16-33(2)23(34)14-27/h4-5,7-13,15H,3,6,14,16,27H2,1-2H3,(H,30,31)(H2,28,32,35). The molecule has 0 spiro atoms. The highest BCUT2D eigenvalue weighted by Gasteiger charge is 2.18. The number of carbonyl (C=O) groups is 2. The number of nitrogens with zero attached hydrogens (tertiary/aromatic N) is 3. The largest absolute Gasteiger partial charge is 0.444 e. The van der Waals surface area contributed by atoms with E-state index in [-0.39, 0.29) is 24.5 Å². The number of urea groups is 1. The number of carbonyl (C=O) groups excluding carboxylic acids is 2. The lowest BCUT2D eigenvalue weighted by atomic mass is 10.0. The second kappa shape index (κ2) is 11.9. The van der Waals surface area contributed by atoms with Gasteiger partial charge in [0.1, 0.15) is 6.26 Å². The van der Waals surface area contributed by atoms with Crippen molar-refractivity contribution in [2.24, 2.45) is 5.73 Å². The third kappa shape index (κ3) is 6.33. The lowest BCUT2D eigenvalue weighted by Crippen LogP contribution is -2.34. The summed E-state index contributed by atoms with van der Waals surface area (Å²) in [6.45, 7) is 2.64. The fourth-order valence-corrected chi connectivity index (χ4v) is 3.74. The molecule has 0 fully saturated rings. The third-order valence-corrected chi connectivity index (χ3v) is 5.54. The maximum Gasteiger partial charge on any atom is 0.319 e. The van der Waals surface area contributed by atoms with Gasteiger partial charge < -0.3 is 35.4 Å². The van der Waals surface area contributed by atoms with Gasteiger partial charge in [-0.25, -0.2) is 14.8 Å². The van der Waals surface area contributed by atoms with Gasteiger partial charge >= 0.3 is 6.03 Å². The number of benzene rings is 1. The highest BCUT2D eigenvalue weighted by Crippen LogP contribution is 2.32. The molecular formula is C26H29N7O4. The quantitative estimate of drug-likeness (QED) is 0.343. The molecule has 0 unspecified atom stereocenters. The first-order valence-corrected chi connectivity index (χ1v) is 11.8. The minimum absolute atomic E-state index is 0.0548. The van der Waals surface area contributed by atoms with Crippen LogP contribution in [0.25, 0.3) is 17.0 Å². The molecule has 2 aromatic heterocycles. The first-order chi connectivity index (χ1) is 18.0. The number of allylic oxidation sites excluding steroid dienone is 4. The molecule has 3 aromatic rings. The van der Waals surface area contributed by atoms with Gasteiger partial charge in [0.2, 0.25) is 11.8 Å². The Morgan fingerprint density at radius 3 is 2.86 bits per heavy atom. The van der Waals surface area contributed by atoms with Crippen LogP contribution >= 0.6 is 0 Å². The van der Waals surface area contributed by atoms with Gasteiger partial charge in [-0.2, -0.15) is 0 Å². The molecule has 0 saturated heterocycles. The fourth-order valence-electron chi connectivity index (χ4n) is 3.74. The van der Waals surface area contributed by atoms with Crippen LogP contribution in [0.15, 0.2) is 75.6 Å². The normalized spacial score (nSPS) is 12.8. The van der Waals surface area contributed by atoms with E-state index in [1.807, 2.05) is 31.2 Å². The second-order valence-corrected chi connectivity index (χ2v) is 8.16. The van der Waals surface area contributed by atoms with E-state index in [1.54, 1.807) is 36.3 Å². The van der Waals surface area contributed by atoms with E-state index in [0.717, 1.165) is 11.1 Å². The van der Waals surface area contributed by atoms with Crippen molar-refractivity contribution in [3.05, 3.63) is 72.5 Å². The molecule has 5 N–H and O–H groups in total. The number of anilines is 3. The number of aromatic nitrogens is 2.